The predicted octanol–water partition coefficient (Wildman–Crippen LogP) is 6.69. The summed E-state index contributed by atoms with van der Waals surface area (Å²) in [5.41, 5.74) is 4.99. The molecule has 0 saturated carbocycles. The molecule has 0 fully saturated rings. The number of aryl methyl sites for hydroxylation is 2. The zero-order valence-electron chi connectivity index (χ0n) is 21.3. The summed E-state index contributed by atoms with van der Waals surface area (Å²) >= 11 is 6.29. The van der Waals surface area contributed by atoms with E-state index in [1.54, 1.807) is 19.3 Å². The molecule has 3 heterocycles. The van der Waals surface area contributed by atoms with Gasteiger partial charge in [-0.05, 0) is 61.9 Å². The fourth-order valence-corrected chi connectivity index (χ4v) is 5.30. The minimum atomic E-state index is -0.151. The zero-order valence-corrected chi connectivity index (χ0v) is 22.1. The van der Waals surface area contributed by atoms with E-state index in [2.05, 4.69) is 11.5 Å². The Bertz CT molecular complexity index is 1620. The van der Waals surface area contributed by atoms with Crippen LogP contribution in [0.15, 0.2) is 54.4 Å². The second-order valence-electron chi connectivity index (χ2n) is 9.26. The standard InChI is InChI=1S/C30H26ClNO6/c1-4-32-13-18(24-11-22(34-3)5-6-25(24)32)10-27-29(33)28-17(2)7-23(12-26(28)38-27)36-15-20-9-21(31)8-19-14-35-16-37-30(19)20/h5-13H,4,14-16H2,1-3H3/b27-10-. The second kappa shape index (κ2) is 9.74. The molecule has 6 rings (SSSR count). The molecule has 194 valence electrons. The van der Waals surface area contributed by atoms with Crippen LogP contribution in [0, 0.1) is 6.92 Å². The van der Waals surface area contributed by atoms with E-state index in [1.165, 1.54) is 0 Å². The van der Waals surface area contributed by atoms with E-state index in [9.17, 15) is 4.79 Å². The Balaban J connectivity index is 1.29. The van der Waals surface area contributed by atoms with E-state index in [0.29, 0.717) is 28.7 Å². The van der Waals surface area contributed by atoms with Crippen molar-refractivity contribution in [1.29, 1.82) is 0 Å². The molecule has 0 spiro atoms. The number of ketones is 1. The third-order valence-corrected chi connectivity index (χ3v) is 7.05. The van der Waals surface area contributed by atoms with Crippen molar-refractivity contribution in [2.45, 2.75) is 33.6 Å². The van der Waals surface area contributed by atoms with Crippen molar-refractivity contribution in [3.8, 4) is 23.0 Å². The lowest BCUT2D eigenvalue weighted by Gasteiger charge is -2.21. The molecule has 2 aliphatic heterocycles. The predicted molar refractivity (Wildman–Crippen MR) is 144 cm³/mol. The molecule has 3 aromatic carbocycles. The van der Waals surface area contributed by atoms with Crippen molar-refractivity contribution in [3.63, 3.8) is 0 Å². The number of methoxy groups -OCH3 is 1. The largest absolute Gasteiger partial charge is 0.497 e. The molecule has 1 aromatic heterocycles. The summed E-state index contributed by atoms with van der Waals surface area (Å²) in [5.74, 6) is 2.67. The van der Waals surface area contributed by atoms with E-state index in [4.69, 9.17) is 35.3 Å². The van der Waals surface area contributed by atoms with Gasteiger partial charge in [-0.25, -0.2) is 0 Å². The number of ether oxygens (including phenoxy) is 5. The van der Waals surface area contributed by atoms with Crippen molar-refractivity contribution in [2.24, 2.45) is 0 Å². The van der Waals surface area contributed by atoms with E-state index >= 15 is 0 Å². The SMILES string of the molecule is CCn1cc(/C=C2\Oc3cc(OCc4cc(Cl)cc5c4OCOC5)cc(C)c3C2=O)c2cc(OC)ccc21. The molecular formula is C30H26ClNO6. The summed E-state index contributed by atoms with van der Waals surface area (Å²) in [7, 11) is 1.64. The Morgan fingerprint density at radius 1 is 1.13 bits per heavy atom. The van der Waals surface area contributed by atoms with Crippen LogP contribution in [0.4, 0.5) is 0 Å². The number of allylic oxidation sites excluding steroid dienone is 1. The fraction of sp³-hybridized carbons (Fsp3) is 0.233. The van der Waals surface area contributed by atoms with Crippen LogP contribution in [0.2, 0.25) is 5.02 Å². The maximum Gasteiger partial charge on any atom is 0.232 e. The number of fused-ring (bicyclic) bond motifs is 3. The summed E-state index contributed by atoms with van der Waals surface area (Å²) in [6.45, 7) is 5.64. The highest BCUT2D eigenvalue weighted by Gasteiger charge is 2.30. The van der Waals surface area contributed by atoms with Crippen LogP contribution in [-0.4, -0.2) is 24.3 Å². The number of aromatic nitrogens is 1. The number of nitrogens with zero attached hydrogens (tertiary/aromatic N) is 1. The number of hydrogen-bond donors (Lipinski definition) is 0. The first-order valence-corrected chi connectivity index (χ1v) is 12.7. The maximum atomic E-state index is 13.3. The number of halogens is 1. The van der Waals surface area contributed by atoms with Gasteiger partial charge in [0.2, 0.25) is 5.78 Å². The van der Waals surface area contributed by atoms with E-state index in [1.807, 2.05) is 49.5 Å². The molecule has 0 atom stereocenters. The second-order valence-corrected chi connectivity index (χ2v) is 9.70. The summed E-state index contributed by atoms with van der Waals surface area (Å²) < 4.78 is 30.8. The number of hydrogen-bond acceptors (Lipinski definition) is 6. The van der Waals surface area contributed by atoms with Gasteiger partial charge in [0.15, 0.2) is 12.6 Å². The topological polar surface area (TPSA) is 68.2 Å². The maximum absolute atomic E-state index is 13.3. The van der Waals surface area contributed by atoms with Gasteiger partial charge in [-0.3, -0.25) is 4.79 Å². The highest BCUT2D eigenvalue weighted by atomic mass is 35.5. The van der Waals surface area contributed by atoms with Crippen molar-refractivity contribution in [1.82, 2.24) is 4.57 Å². The molecule has 2 aliphatic rings. The van der Waals surface area contributed by atoms with Crippen molar-refractivity contribution in [2.75, 3.05) is 13.9 Å². The van der Waals surface area contributed by atoms with Gasteiger partial charge in [0, 0.05) is 51.4 Å². The minimum absolute atomic E-state index is 0.151. The number of benzene rings is 3. The molecule has 8 heteroatoms. The number of carbonyl (C=O) groups excluding carboxylic acids is 1. The summed E-state index contributed by atoms with van der Waals surface area (Å²) in [6, 6.07) is 13.2. The summed E-state index contributed by atoms with van der Waals surface area (Å²) in [5, 5.41) is 1.58. The average Bonchev–Trinajstić information content (AvgIpc) is 3.43. The molecule has 0 saturated heterocycles. The Hall–Kier alpha value is -3.94. The van der Waals surface area contributed by atoms with Gasteiger partial charge >= 0.3 is 0 Å². The van der Waals surface area contributed by atoms with E-state index < -0.39 is 0 Å². The zero-order chi connectivity index (χ0) is 26.4. The third kappa shape index (κ3) is 4.27. The van der Waals surface area contributed by atoms with Gasteiger partial charge in [-0.15, -0.1) is 0 Å². The summed E-state index contributed by atoms with van der Waals surface area (Å²) in [6.07, 6.45) is 3.82. The molecular weight excluding hydrogens is 506 g/mol. The lowest BCUT2D eigenvalue weighted by atomic mass is 10.0. The van der Waals surface area contributed by atoms with Gasteiger partial charge in [0.25, 0.3) is 0 Å². The molecule has 4 aromatic rings. The Morgan fingerprint density at radius 2 is 2.00 bits per heavy atom. The molecule has 0 unspecified atom stereocenters. The minimum Gasteiger partial charge on any atom is -0.497 e. The smallest absolute Gasteiger partial charge is 0.232 e. The van der Waals surface area contributed by atoms with E-state index in [-0.39, 0.29) is 24.9 Å². The van der Waals surface area contributed by atoms with Crippen LogP contribution in [0.25, 0.3) is 17.0 Å². The van der Waals surface area contributed by atoms with Crippen LogP contribution in [0.1, 0.15) is 39.5 Å². The van der Waals surface area contributed by atoms with Crippen LogP contribution in [0.5, 0.6) is 23.0 Å². The Labute approximate surface area is 225 Å². The first-order chi connectivity index (χ1) is 18.4. The van der Waals surface area contributed by atoms with Crippen LogP contribution in [-0.2, 0) is 24.5 Å². The van der Waals surface area contributed by atoms with Gasteiger partial charge in [0.1, 0.15) is 29.6 Å². The van der Waals surface area contributed by atoms with Crippen LogP contribution >= 0.6 is 11.6 Å². The van der Waals surface area contributed by atoms with Gasteiger partial charge in [0.05, 0.1) is 19.3 Å². The molecule has 0 bridgehead atoms. The van der Waals surface area contributed by atoms with Gasteiger partial charge < -0.3 is 28.3 Å². The highest BCUT2D eigenvalue weighted by molar-refractivity contribution is 6.30. The normalized spacial score (nSPS) is 15.3. The molecule has 0 N–H and O–H groups in total. The fourth-order valence-electron chi connectivity index (χ4n) is 5.03. The highest BCUT2D eigenvalue weighted by Crippen LogP contribution is 2.39. The van der Waals surface area contributed by atoms with Crippen molar-refractivity contribution >= 4 is 34.4 Å². The Kier molecular flexibility index (Phi) is 6.26. The lowest BCUT2D eigenvalue weighted by Crippen LogP contribution is -2.14. The third-order valence-electron chi connectivity index (χ3n) is 6.84. The number of Topliss-reactive ketones (excluding diaryl/α,β-unsaturated/α-hetero) is 1. The van der Waals surface area contributed by atoms with Crippen molar-refractivity contribution in [3.05, 3.63) is 87.3 Å². The molecule has 0 aliphatic carbocycles. The quantitative estimate of drug-likeness (QED) is 0.258. The van der Waals surface area contributed by atoms with E-state index in [0.717, 1.165) is 51.2 Å². The lowest BCUT2D eigenvalue weighted by molar-refractivity contribution is -0.0175. The van der Waals surface area contributed by atoms with Gasteiger partial charge in [-0.1, -0.05) is 11.6 Å². The number of rotatable bonds is 6. The summed E-state index contributed by atoms with van der Waals surface area (Å²) in [4.78, 5) is 13.3. The van der Waals surface area contributed by atoms with Crippen LogP contribution < -0.4 is 18.9 Å². The van der Waals surface area contributed by atoms with Crippen LogP contribution in [0.3, 0.4) is 0 Å². The monoisotopic (exact) mass is 531 g/mol. The van der Waals surface area contributed by atoms with Crippen molar-refractivity contribution < 1.29 is 28.5 Å². The van der Waals surface area contributed by atoms with Gasteiger partial charge in [-0.2, -0.15) is 0 Å². The molecule has 38 heavy (non-hydrogen) atoms. The molecule has 0 amide bonds. The average molecular weight is 532 g/mol. The number of carbonyl (C=O) groups is 1. The first kappa shape index (κ1) is 24.4. The first-order valence-electron chi connectivity index (χ1n) is 12.4. The molecule has 0 radical (unpaired) electrons. The molecule has 7 nitrogen and oxygen atoms in total. The Morgan fingerprint density at radius 3 is 2.82 bits per heavy atom.